The Morgan fingerprint density at radius 2 is 2.08 bits per heavy atom. The van der Waals surface area contributed by atoms with Crippen LogP contribution in [-0.2, 0) is 7.05 Å². The molecule has 2 aromatic rings. The molecule has 2 amide bonds. The van der Waals surface area contributed by atoms with E-state index in [-0.39, 0.29) is 11.9 Å². The molecule has 0 aliphatic carbocycles. The molecule has 1 aliphatic heterocycles. The fourth-order valence-electron chi connectivity index (χ4n) is 3.32. The predicted molar refractivity (Wildman–Crippen MR) is 90.3 cm³/mol. The third-order valence-corrected chi connectivity index (χ3v) is 5.40. The highest BCUT2D eigenvalue weighted by Gasteiger charge is 2.35. The van der Waals surface area contributed by atoms with E-state index in [1.807, 2.05) is 18.9 Å². The van der Waals surface area contributed by atoms with E-state index < -0.39 is 5.91 Å². The van der Waals surface area contributed by atoms with Gasteiger partial charge in [0.2, 0.25) is 5.88 Å². The van der Waals surface area contributed by atoms with Crippen LogP contribution in [0.3, 0.4) is 0 Å². The molecular weight excluding hydrogens is 328 g/mol. The van der Waals surface area contributed by atoms with E-state index in [2.05, 4.69) is 5.10 Å². The third kappa shape index (κ3) is 2.66. The molecule has 1 fully saturated rings. The number of primary amides is 1. The molecule has 0 unspecified atom stereocenters. The van der Waals surface area contributed by atoms with Crippen LogP contribution in [0.5, 0.6) is 5.88 Å². The van der Waals surface area contributed by atoms with Gasteiger partial charge in [-0.3, -0.25) is 9.59 Å². The Hall–Kier alpha value is -2.35. The fourth-order valence-corrected chi connectivity index (χ4v) is 4.13. The van der Waals surface area contributed by atoms with Crippen LogP contribution >= 0.6 is 11.3 Å². The molecule has 1 saturated heterocycles. The Bertz CT molecular complexity index is 795. The molecule has 0 spiro atoms. The molecule has 1 aliphatic rings. The molecule has 128 valence electrons. The minimum Gasteiger partial charge on any atom is -0.481 e. The Labute approximate surface area is 144 Å². The topological polar surface area (TPSA) is 90.4 Å². The number of likely N-dealkylation sites (tertiary alicyclic amines) is 1. The maximum absolute atomic E-state index is 12.9. The Morgan fingerprint density at radius 1 is 1.38 bits per heavy atom. The van der Waals surface area contributed by atoms with Gasteiger partial charge in [0.15, 0.2) is 0 Å². The van der Waals surface area contributed by atoms with E-state index >= 15 is 0 Å². The maximum atomic E-state index is 12.9. The number of nitrogens with two attached hydrogens (primary N) is 1. The number of methoxy groups -OCH3 is 1. The van der Waals surface area contributed by atoms with E-state index in [0.29, 0.717) is 22.2 Å². The lowest BCUT2D eigenvalue weighted by Gasteiger charge is -2.24. The number of ether oxygens (including phenoxy) is 1. The molecule has 3 rings (SSSR count). The molecule has 24 heavy (non-hydrogen) atoms. The molecule has 0 aromatic carbocycles. The quantitative estimate of drug-likeness (QED) is 0.913. The minimum atomic E-state index is -0.512. The van der Waals surface area contributed by atoms with E-state index in [9.17, 15) is 9.59 Å². The highest BCUT2D eigenvalue weighted by Crippen LogP contribution is 2.39. The third-order valence-electron chi connectivity index (χ3n) is 4.31. The van der Waals surface area contributed by atoms with Crippen LogP contribution in [0, 0.1) is 6.92 Å². The van der Waals surface area contributed by atoms with Gasteiger partial charge in [0, 0.05) is 13.6 Å². The first-order valence-corrected chi connectivity index (χ1v) is 8.53. The minimum absolute atomic E-state index is 0.0692. The van der Waals surface area contributed by atoms with E-state index in [4.69, 9.17) is 10.5 Å². The predicted octanol–water partition coefficient (Wildman–Crippen LogP) is 1.87. The Balaban J connectivity index is 1.93. The molecule has 0 saturated carbocycles. The molecule has 3 heterocycles. The largest absolute Gasteiger partial charge is 0.481 e. The highest BCUT2D eigenvalue weighted by molar-refractivity contribution is 7.15. The van der Waals surface area contributed by atoms with Crippen molar-refractivity contribution in [3.05, 3.63) is 33.1 Å². The lowest BCUT2D eigenvalue weighted by Crippen LogP contribution is -2.30. The van der Waals surface area contributed by atoms with Gasteiger partial charge in [-0.15, -0.1) is 11.3 Å². The van der Waals surface area contributed by atoms with Gasteiger partial charge in [-0.2, -0.15) is 5.10 Å². The average Bonchev–Trinajstić information content (AvgIpc) is 3.24. The number of carbonyl (C=O) groups excluding carboxylic acids is 2. The van der Waals surface area contributed by atoms with Crippen LogP contribution < -0.4 is 10.5 Å². The van der Waals surface area contributed by atoms with Crippen molar-refractivity contribution < 1.29 is 14.3 Å². The van der Waals surface area contributed by atoms with Gasteiger partial charge >= 0.3 is 0 Å². The van der Waals surface area contributed by atoms with Crippen molar-refractivity contribution in [1.82, 2.24) is 14.7 Å². The smallest absolute Gasteiger partial charge is 0.264 e. The second-order valence-electron chi connectivity index (χ2n) is 5.82. The average molecular weight is 348 g/mol. The van der Waals surface area contributed by atoms with Crippen molar-refractivity contribution in [2.75, 3.05) is 13.7 Å². The van der Waals surface area contributed by atoms with E-state index in [1.54, 1.807) is 23.9 Å². The van der Waals surface area contributed by atoms with E-state index in [0.717, 1.165) is 35.4 Å². The lowest BCUT2D eigenvalue weighted by molar-refractivity contribution is 0.0738. The molecule has 8 heteroatoms. The zero-order chi connectivity index (χ0) is 17.4. The number of aromatic nitrogens is 2. The summed E-state index contributed by atoms with van der Waals surface area (Å²) >= 11 is 1.13. The second-order valence-corrected chi connectivity index (χ2v) is 6.90. The number of hydrogen-bond acceptors (Lipinski definition) is 5. The summed E-state index contributed by atoms with van der Waals surface area (Å²) < 4.78 is 7.18. The molecule has 2 aromatic heterocycles. The monoisotopic (exact) mass is 348 g/mol. The van der Waals surface area contributed by atoms with Crippen molar-refractivity contribution in [1.29, 1.82) is 0 Å². The van der Waals surface area contributed by atoms with Gasteiger partial charge in [0.25, 0.3) is 11.8 Å². The number of carbonyl (C=O) groups is 2. The summed E-state index contributed by atoms with van der Waals surface area (Å²) in [6.45, 7) is 2.60. The number of rotatable bonds is 4. The maximum Gasteiger partial charge on any atom is 0.264 e. The first-order valence-electron chi connectivity index (χ1n) is 7.72. The standard InChI is InChI=1S/C16H20N4O3S/c1-9-13(16(23-3)19(2)18-9)10-5-4-8-20(10)15(22)12-7-6-11(24-12)14(17)21/h6-7,10H,4-5,8H2,1-3H3,(H2,17,21)/t10-/m0/s1. The summed E-state index contributed by atoms with van der Waals surface area (Å²) in [5.74, 6) is 0.0864. The van der Waals surface area contributed by atoms with Gasteiger partial charge in [0.05, 0.1) is 34.2 Å². The van der Waals surface area contributed by atoms with E-state index in [1.165, 1.54) is 0 Å². The summed E-state index contributed by atoms with van der Waals surface area (Å²) in [5, 5.41) is 4.42. The summed E-state index contributed by atoms with van der Waals surface area (Å²) in [6, 6.07) is 3.19. The molecule has 1 atom stereocenters. The van der Waals surface area contributed by atoms with Crippen molar-refractivity contribution in [3.8, 4) is 5.88 Å². The van der Waals surface area contributed by atoms with Gasteiger partial charge in [-0.1, -0.05) is 0 Å². The molecular formula is C16H20N4O3S. The van der Waals surface area contributed by atoms with Crippen LogP contribution in [0.2, 0.25) is 0 Å². The van der Waals surface area contributed by atoms with Crippen LogP contribution in [-0.4, -0.2) is 40.1 Å². The van der Waals surface area contributed by atoms with Crippen molar-refractivity contribution in [2.45, 2.75) is 25.8 Å². The second kappa shape index (κ2) is 6.27. The first kappa shape index (κ1) is 16.5. The highest BCUT2D eigenvalue weighted by atomic mass is 32.1. The van der Waals surface area contributed by atoms with Crippen LogP contribution in [0.1, 0.15) is 49.5 Å². The van der Waals surface area contributed by atoms with Crippen molar-refractivity contribution >= 4 is 23.2 Å². The Kier molecular flexibility index (Phi) is 4.31. The van der Waals surface area contributed by atoms with Gasteiger partial charge in [-0.05, 0) is 31.9 Å². The van der Waals surface area contributed by atoms with Crippen molar-refractivity contribution in [2.24, 2.45) is 12.8 Å². The number of thiophene rings is 1. The normalized spacial score (nSPS) is 17.3. The molecule has 0 radical (unpaired) electrons. The number of hydrogen-bond donors (Lipinski definition) is 1. The lowest BCUT2D eigenvalue weighted by atomic mass is 10.0. The van der Waals surface area contributed by atoms with Gasteiger partial charge in [-0.25, -0.2) is 4.68 Å². The van der Waals surface area contributed by atoms with Crippen molar-refractivity contribution in [3.63, 3.8) is 0 Å². The van der Waals surface area contributed by atoms with Gasteiger partial charge in [0.1, 0.15) is 0 Å². The summed E-state index contributed by atoms with van der Waals surface area (Å²) in [6.07, 6.45) is 1.78. The number of amides is 2. The number of nitrogens with zero attached hydrogens (tertiary/aromatic N) is 3. The van der Waals surface area contributed by atoms with Gasteiger partial charge < -0.3 is 15.4 Å². The van der Waals surface area contributed by atoms with Crippen LogP contribution in [0.25, 0.3) is 0 Å². The van der Waals surface area contributed by atoms with Crippen LogP contribution in [0.15, 0.2) is 12.1 Å². The Morgan fingerprint density at radius 3 is 2.71 bits per heavy atom. The first-order chi connectivity index (χ1) is 11.4. The summed E-state index contributed by atoms with van der Waals surface area (Å²) in [5.41, 5.74) is 7.10. The SMILES string of the molecule is COc1c([C@@H]2CCCN2C(=O)c2ccc(C(N)=O)s2)c(C)nn1C. The van der Waals surface area contributed by atoms with Crippen LogP contribution in [0.4, 0.5) is 0 Å². The molecule has 7 nitrogen and oxygen atoms in total. The zero-order valence-electron chi connectivity index (χ0n) is 13.9. The molecule has 0 bridgehead atoms. The summed E-state index contributed by atoms with van der Waals surface area (Å²) in [4.78, 5) is 26.9. The fraction of sp³-hybridized carbons (Fsp3) is 0.438. The number of aryl methyl sites for hydroxylation is 2. The zero-order valence-corrected chi connectivity index (χ0v) is 14.7. The molecule has 2 N–H and O–H groups in total. The summed E-state index contributed by atoms with van der Waals surface area (Å²) in [7, 11) is 3.44.